The second-order valence-electron chi connectivity index (χ2n) is 5.71. The summed E-state index contributed by atoms with van der Waals surface area (Å²) in [6, 6.07) is 3.49. The van der Waals surface area contributed by atoms with Gasteiger partial charge in [-0.15, -0.1) is 0 Å². The van der Waals surface area contributed by atoms with Gasteiger partial charge in [0.1, 0.15) is 6.54 Å². The molecule has 146 valence electrons. The first-order chi connectivity index (χ1) is 12.8. The molecule has 1 saturated heterocycles. The van der Waals surface area contributed by atoms with Crippen LogP contribution in [0, 0.1) is 0 Å². The lowest BCUT2D eigenvalue weighted by Gasteiger charge is -2.17. The topological polar surface area (TPSA) is 82.1 Å². The van der Waals surface area contributed by atoms with Gasteiger partial charge in [0.2, 0.25) is 0 Å². The zero-order valence-corrected chi connectivity index (χ0v) is 17.8. The Hall–Kier alpha value is -2.00. The van der Waals surface area contributed by atoms with Gasteiger partial charge in [0.15, 0.2) is 11.5 Å². The Bertz CT molecular complexity index is 794. The lowest BCUT2D eigenvalue weighted by atomic mass is 10.1. The Balaban J connectivity index is 2.31. The number of thioether (sulfide) groups is 1. The number of ether oxygens (including phenoxy) is 3. The van der Waals surface area contributed by atoms with Crippen LogP contribution in [0.4, 0.5) is 4.79 Å². The van der Waals surface area contributed by atoms with Gasteiger partial charge in [0, 0.05) is 0 Å². The highest BCUT2D eigenvalue weighted by Crippen LogP contribution is 2.39. The first-order valence-corrected chi connectivity index (χ1v) is 9.78. The average molecular weight is 458 g/mol. The number of amides is 2. The van der Waals surface area contributed by atoms with E-state index >= 15 is 0 Å². The predicted molar refractivity (Wildman–Crippen MR) is 106 cm³/mol. The molecule has 0 spiro atoms. The second-order valence-corrected chi connectivity index (χ2v) is 7.56. The van der Waals surface area contributed by atoms with Gasteiger partial charge < -0.3 is 14.2 Å². The fourth-order valence-corrected chi connectivity index (χ4v) is 3.59. The standard InChI is InChI=1S/C18H20BrNO6S/c1-5-10(2)26-16-12(19)6-11(7-13(16)24-3)8-14-17(22)20(18(23)27-14)9-15(21)25-4/h6-8,10H,5,9H2,1-4H3/b14-8-/t10-/m0/s1. The van der Waals surface area contributed by atoms with E-state index in [2.05, 4.69) is 20.7 Å². The largest absolute Gasteiger partial charge is 0.493 e. The summed E-state index contributed by atoms with van der Waals surface area (Å²) in [5.41, 5.74) is 0.652. The normalized spacial score (nSPS) is 16.6. The maximum absolute atomic E-state index is 12.4. The van der Waals surface area contributed by atoms with E-state index in [1.165, 1.54) is 14.2 Å². The molecule has 1 aliphatic rings. The number of nitrogens with zero attached hydrogens (tertiary/aromatic N) is 1. The Morgan fingerprint density at radius 3 is 2.63 bits per heavy atom. The van der Waals surface area contributed by atoms with Crippen molar-refractivity contribution in [2.75, 3.05) is 20.8 Å². The Morgan fingerprint density at radius 2 is 2.04 bits per heavy atom. The molecule has 0 unspecified atom stereocenters. The number of methoxy groups -OCH3 is 2. The van der Waals surface area contributed by atoms with Gasteiger partial charge in [-0.25, -0.2) is 0 Å². The summed E-state index contributed by atoms with van der Waals surface area (Å²) in [6.45, 7) is 3.56. The van der Waals surface area contributed by atoms with Crippen molar-refractivity contribution in [1.29, 1.82) is 0 Å². The number of benzene rings is 1. The minimum atomic E-state index is -0.658. The van der Waals surface area contributed by atoms with Crippen molar-refractivity contribution in [2.45, 2.75) is 26.4 Å². The van der Waals surface area contributed by atoms with Gasteiger partial charge >= 0.3 is 5.97 Å². The zero-order chi connectivity index (χ0) is 20.1. The number of hydrogen-bond donors (Lipinski definition) is 0. The molecule has 0 aliphatic carbocycles. The summed E-state index contributed by atoms with van der Waals surface area (Å²) in [5, 5.41) is -0.514. The van der Waals surface area contributed by atoms with Crippen LogP contribution >= 0.6 is 27.7 Å². The van der Waals surface area contributed by atoms with Crippen LogP contribution in [0.2, 0.25) is 0 Å². The summed E-state index contributed by atoms with van der Waals surface area (Å²) in [4.78, 5) is 36.8. The van der Waals surface area contributed by atoms with Gasteiger partial charge in [-0.2, -0.15) is 0 Å². The summed E-state index contributed by atoms with van der Waals surface area (Å²) in [6.07, 6.45) is 2.42. The molecule has 2 rings (SSSR count). The number of carbonyl (C=O) groups is 3. The van der Waals surface area contributed by atoms with Crippen molar-refractivity contribution in [3.63, 3.8) is 0 Å². The van der Waals surface area contributed by atoms with Gasteiger partial charge in [-0.1, -0.05) is 6.92 Å². The van der Waals surface area contributed by atoms with Crippen LogP contribution in [-0.4, -0.2) is 48.9 Å². The molecule has 27 heavy (non-hydrogen) atoms. The molecule has 1 aliphatic heterocycles. The molecular formula is C18H20BrNO6S. The molecule has 2 amide bonds. The highest BCUT2D eigenvalue weighted by Gasteiger charge is 2.36. The molecule has 9 heteroatoms. The third-order valence-electron chi connectivity index (χ3n) is 3.83. The van der Waals surface area contributed by atoms with E-state index in [4.69, 9.17) is 9.47 Å². The smallest absolute Gasteiger partial charge is 0.325 e. The quantitative estimate of drug-likeness (QED) is 0.454. The molecule has 1 aromatic rings. The first kappa shape index (κ1) is 21.3. The fourth-order valence-electron chi connectivity index (χ4n) is 2.20. The molecule has 0 radical (unpaired) electrons. The molecular weight excluding hydrogens is 438 g/mol. The zero-order valence-electron chi connectivity index (χ0n) is 15.4. The van der Waals surface area contributed by atoms with Crippen molar-refractivity contribution in [3.8, 4) is 11.5 Å². The maximum Gasteiger partial charge on any atom is 0.325 e. The first-order valence-electron chi connectivity index (χ1n) is 8.17. The van der Waals surface area contributed by atoms with E-state index in [1.54, 1.807) is 18.2 Å². The number of hydrogen-bond acceptors (Lipinski definition) is 7. The molecule has 0 saturated carbocycles. The van der Waals surface area contributed by atoms with Crippen molar-refractivity contribution >= 4 is 50.9 Å². The van der Waals surface area contributed by atoms with Crippen LogP contribution in [0.1, 0.15) is 25.8 Å². The molecule has 7 nitrogen and oxygen atoms in total. The lowest BCUT2D eigenvalue weighted by Crippen LogP contribution is -2.34. The highest BCUT2D eigenvalue weighted by molar-refractivity contribution is 9.10. The Labute approximate surface area is 170 Å². The van der Waals surface area contributed by atoms with Crippen LogP contribution < -0.4 is 9.47 Å². The van der Waals surface area contributed by atoms with E-state index < -0.39 is 23.7 Å². The Morgan fingerprint density at radius 1 is 1.33 bits per heavy atom. The third kappa shape index (κ3) is 5.04. The SMILES string of the molecule is CC[C@H](C)Oc1c(Br)cc(/C=C2\SC(=O)N(CC(=O)OC)C2=O)cc1OC. The molecule has 1 aromatic carbocycles. The number of rotatable bonds is 7. The summed E-state index contributed by atoms with van der Waals surface area (Å²) in [5.74, 6) is -0.118. The maximum atomic E-state index is 12.4. The number of halogens is 1. The summed E-state index contributed by atoms with van der Waals surface area (Å²) in [7, 11) is 2.73. The number of imide groups is 1. The molecule has 1 fully saturated rings. The summed E-state index contributed by atoms with van der Waals surface area (Å²) >= 11 is 4.23. The van der Waals surface area contributed by atoms with Crippen LogP contribution in [0.3, 0.4) is 0 Å². The minimum Gasteiger partial charge on any atom is -0.493 e. The molecule has 0 N–H and O–H groups in total. The van der Waals surface area contributed by atoms with Crippen LogP contribution in [0.15, 0.2) is 21.5 Å². The second kappa shape index (κ2) is 9.27. The van der Waals surface area contributed by atoms with Crippen molar-refractivity contribution in [1.82, 2.24) is 4.90 Å². The fraction of sp³-hybridized carbons (Fsp3) is 0.389. The van der Waals surface area contributed by atoms with Crippen molar-refractivity contribution < 1.29 is 28.6 Å². The molecule has 1 atom stereocenters. The van der Waals surface area contributed by atoms with Crippen LogP contribution in [0.5, 0.6) is 11.5 Å². The minimum absolute atomic E-state index is 0.0101. The third-order valence-corrected chi connectivity index (χ3v) is 5.33. The van der Waals surface area contributed by atoms with E-state index in [1.807, 2.05) is 13.8 Å². The van der Waals surface area contributed by atoms with Crippen molar-refractivity contribution in [3.05, 3.63) is 27.1 Å². The average Bonchev–Trinajstić information content (AvgIpc) is 2.90. The monoisotopic (exact) mass is 457 g/mol. The van der Waals surface area contributed by atoms with Crippen LogP contribution in [-0.2, 0) is 14.3 Å². The van der Waals surface area contributed by atoms with Gasteiger partial charge in [-0.3, -0.25) is 19.3 Å². The van der Waals surface area contributed by atoms with Crippen LogP contribution in [0.25, 0.3) is 6.08 Å². The molecule has 1 heterocycles. The Kier molecular flexibility index (Phi) is 7.32. The van der Waals surface area contributed by atoms with E-state index in [9.17, 15) is 14.4 Å². The number of esters is 1. The molecule has 0 bridgehead atoms. The van der Waals surface area contributed by atoms with Gasteiger partial charge in [-0.05, 0) is 64.8 Å². The van der Waals surface area contributed by atoms with E-state index in [-0.39, 0.29) is 11.0 Å². The van der Waals surface area contributed by atoms with Gasteiger partial charge in [0.25, 0.3) is 11.1 Å². The number of carbonyl (C=O) groups excluding carboxylic acids is 3. The predicted octanol–water partition coefficient (Wildman–Crippen LogP) is 3.84. The van der Waals surface area contributed by atoms with Crippen molar-refractivity contribution in [2.24, 2.45) is 0 Å². The highest BCUT2D eigenvalue weighted by atomic mass is 79.9. The van der Waals surface area contributed by atoms with E-state index in [0.29, 0.717) is 21.5 Å². The summed E-state index contributed by atoms with van der Waals surface area (Å²) < 4.78 is 16.5. The van der Waals surface area contributed by atoms with E-state index in [0.717, 1.165) is 23.1 Å². The van der Waals surface area contributed by atoms with Gasteiger partial charge in [0.05, 0.1) is 29.7 Å². The molecule has 0 aromatic heterocycles. The lowest BCUT2D eigenvalue weighted by molar-refractivity contribution is -0.143.